The summed E-state index contributed by atoms with van der Waals surface area (Å²) in [6.45, 7) is 0.770. The lowest BCUT2D eigenvalue weighted by atomic mass is 9.90. The van der Waals surface area contributed by atoms with Crippen LogP contribution in [0.3, 0.4) is 0 Å². The van der Waals surface area contributed by atoms with E-state index < -0.39 is 17.9 Å². The second kappa shape index (κ2) is 7.38. The summed E-state index contributed by atoms with van der Waals surface area (Å²) in [7, 11) is 0. The molecule has 0 atom stereocenters. The fourth-order valence-corrected chi connectivity index (χ4v) is 4.37. The molecule has 0 spiro atoms. The number of halogens is 2. The maximum Gasteiger partial charge on any atom is 0.345 e. The number of benzene rings is 1. The number of thiazole rings is 1. The maximum absolute atomic E-state index is 12.8. The van der Waals surface area contributed by atoms with E-state index in [1.165, 1.54) is 11.3 Å². The van der Waals surface area contributed by atoms with Crippen molar-refractivity contribution in [2.45, 2.75) is 45.3 Å². The second-order valence-corrected chi connectivity index (χ2v) is 8.15. The normalized spacial score (nSPS) is 15.2. The van der Waals surface area contributed by atoms with Crippen molar-refractivity contribution >= 4 is 28.2 Å². The predicted octanol–water partition coefficient (Wildman–Crippen LogP) is 4.45. The molecule has 1 aromatic carbocycles. The Morgan fingerprint density at radius 1 is 1.38 bits per heavy atom. The number of carbonyl (C=O) groups is 1. The van der Waals surface area contributed by atoms with Gasteiger partial charge < -0.3 is 19.6 Å². The van der Waals surface area contributed by atoms with Gasteiger partial charge >= 0.3 is 6.61 Å². The molecule has 0 aliphatic heterocycles. The van der Waals surface area contributed by atoms with Gasteiger partial charge in [0, 0.05) is 16.4 Å². The van der Waals surface area contributed by atoms with Gasteiger partial charge in [0.1, 0.15) is 23.7 Å². The van der Waals surface area contributed by atoms with Gasteiger partial charge in [-0.25, -0.2) is 4.98 Å². The van der Waals surface area contributed by atoms with E-state index in [1.54, 1.807) is 24.6 Å². The lowest BCUT2D eigenvalue weighted by molar-refractivity contribution is -0.134. The summed E-state index contributed by atoms with van der Waals surface area (Å²) in [5, 5.41) is 0.517. The number of amides is 1. The van der Waals surface area contributed by atoms with Crippen LogP contribution in [0.4, 0.5) is 8.78 Å². The van der Waals surface area contributed by atoms with E-state index in [1.807, 2.05) is 6.92 Å². The molecule has 0 bridgehead atoms. The number of rotatable bonds is 8. The summed E-state index contributed by atoms with van der Waals surface area (Å²) < 4.78 is 42.0. The number of aryl methyl sites for hydroxylation is 2. The van der Waals surface area contributed by atoms with Gasteiger partial charge in [0.25, 0.3) is 5.91 Å². The summed E-state index contributed by atoms with van der Waals surface area (Å²) in [6, 6.07) is 3.45. The average molecular weight is 422 g/mol. The number of primary amides is 1. The molecule has 1 amide bonds. The van der Waals surface area contributed by atoms with Crippen molar-refractivity contribution in [3.05, 3.63) is 45.1 Å². The van der Waals surface area contributed by atoms with Crippen LogP contribution >= 0.6 is 11.3 Å². The monoisotopic (exact) mass is 422 g/mol. The number of alkyl halides is 2. The van der Waals surface area contributed by atoms with E-state index in [-0.39, 0.29) is 18.8 Å². The van der Waals surface area contributed by atoms with Gasteiger partial charge in [0.2, 0.25) is 0 Å². The first-order valence-corrected chi connectivity index (χ1v) is 9.98. The van der Waals surface area contributed by atoms with E-state index >= 15 is 0 Å². The van der Waals surface area contributed by atoms with Crippen LogP contribution in [-0.4, -0.2) is 24.1 Å². The molecule has 0 saturated heterocycles. The quantitative estimate of drug-likeness (QED) is 0.579. The van der Waals surface area contributed by atoms with E-state index in [0.717, 1.165) is 10.6 Å². The first-order valence-electron chi connectivity index (χ1n) is 9.10. The smallest absolute Gasteiger partial charge is 0.345 e. The van der Waals surface area contributed by atoms with Crippen molar-refractivity contribution in [3.63, 3.8) is 0 Å². The van der Waals surface area contributed by atoms with Gasteiger partial charge in [0.05, 0.1) is 28.3 Å². The third-order valence-corrected chi connectivity index (χ3v) is 6.22. The number of carbonyl (C=O) groups excluding carboxylic acids is 1. The van der Waals surface area contributed by atoms with Crippen molar-refractivity contribution in [2.24, 2.45) is 5.73 Å². The number of furan rings is 1. The van der Waals surface area contributed by atoms with Gasteiger partial charge in [-0.15, -0.1) is 11.3 Å². The molecule has 2 N–H and O–H groups in total. The SMILES string of the molecule is Cc1ncsc1COc1ccc2oc(C)c(C(N)=O)c2c1C1(COC(F)F)CC1. The van der Waals surface area contributed by atoms with E-state index in [0.29, 0.717) is 40.9 Å². The molecule has 1 aliphatic carbocycles. The summed E-state index contributed by atoms with van der Waals surface area (Å²) in [5.74, 6) is 0.252. The second-order valence-electron chi connectivity index (χ2n) is 7.21. The minimum absolute atomic E-state index is 0.178. The largest absolute Gasteiger partial charge is 0.488 e. The molecule has 3 aromatic rings. The summed E-state index contributed by atoms with van der Waals surface area (Å²) in [6.07, 6.45) is 1.27. The first-order chi connectivity index (χ1) is 13.8. The number of hydrogen-bond acceptors (Lipinski definition) is 6. The molecular formula is C20H20F2N2O4S. The van der Waals surface area contributed by atoms with E-state index in [2.05, 4.69) is 9.72 Å². The highest BCUT2D eigenvalue weighted by Crippen LogP contribution is 2.55. The van der Waals surface area contributed by atoms with Gasteiger partial charge in [0.15, 0.2) is 0 Å². The fraction of sp³-hybridized carbons (Fsp3) is 0.400. The van der Waals surface area contributed by atoms with Gasteiger partial charge in [-0.3, -0.25) is 4.79 Å². The third-order valence-electron chi connectivity index (χ3n) is 5.31. The van der Waals surface area contributed by atoms with Crippen LogP contribution in [-0.2, 0) is 16.8 Å². The maximum atomic E-state index is 12.8. The van der Waals surface area contributed by atoms with Crippen molar-refractivity contribution < 1.29 is 27.5 Å². The van der Waals surface area contributed by atoms with Crippen LogP contribution < -0.4 is 10.5 Å². The zero-order chi connectivity index (χ0) is 20.8. The number of hydrogen-bond donors (Lipinski definition) is 1. The zero-order valence-corrected chi connectivity index (χ0v) is 16.8. The van der Waals surface area contributed by atoms with E-state index in [4.69, 9.17) is 14.9 Å². The Kier molecular flexibility index (Phi) is 5.04. The molecule has 2 heterocycles. The molecule has 9 heteroatoms. The Labute approximate surface area is 169 Å². The molecule has 1 aliphatic rings. The van der Waals surface area contributed by atoms with Crippen LogP contribution in [0, 0.1) is 13.8 Å². The minimum Gasteiger partial charge on any atom is -0.488 e. The van der Waals surface area contributed by atoms with Crippen LogP contribution in [0.15, 0.2) is 22.1 Å². The molecule has 154 valence electrons. The Hall–Kier alpha value is -2.52. The van der Waals surface area contributed by atoms with Gasteiger partial charge in [-0.2, -0.15) is 8.78 Å². The van der Waals surface area contributed by atoms with Crippen LogP contribution in [0.2, 0.25) is 0 Å². The predicted molar refractivity (Wildman–Crippen MR) is 104 cm³/mol. The molecule has 4 rings (SSSR count). The fourth-order valence-electron chi connectivity index (χ4n) is 3.68. The van der Waals surface area contributed by atoms with Crippen molar-refractivity contribution in [2.75, 3.05) is 6.61 Å². The van der Waals surface area contributed by atoms with Crippen molar-refractivity contribution in [1.29, 1.82) is 0 Å². The van der Waals surface area contributed by atoms with Crippen LogP contribution in [0.1, 0.15) is 45.1 Å². The highest BCUT2D eigenvalue weighted by Gasteiger charge is 2.49. The topological polar surface area (TPSA) is 87.6 Å². The Bertz CT molecular complexity index is 1070. The van der Waals surface area contributed by atoms with Gasteiger partial charge in [-0.05, 0) is 38.8 Å². The van der Waals surface area contributed by atoms with Crippen molar-refractivity contribution in [3.8, 4) is 5.75 Å². The third kappa shape index (κ3) is 3.60. The summed E-state index contributed by atoms with van der Waals surface area (Å²) >= 11 is 1.48. The van der Waals surface area contributed by atoms with Crippen molar-refractivity contribution in [1.82, 2.24) is 4.98 Å². The molecule has 1 saturated carbocycles. The number of aromatic nitrogens is 1. The number of ether oxygens (including phenoxy) is 2. The Morgan fingerprint density at radius 2 is 2.14 bits per heavy atom. The average Bonchev–Trinajstić information content (AvgIpc) is 3.21. The lowest BCUT2D eigenvalue weighted by Gasteiger charge is -2.21. The molecular weight excluding hydrogens is 402 g/mol. The summed E-state index contributed by atoms with van der Waals surface area (Å²) in [5.41, 5.74) is 8.90. The molecule has 0 radical (unpaired) electrons. The molecule has 29 heavy (non-hydrogen) atoms. The molecule has 1 fully saturated rings. The Morgan fingerprint density at radius 3 is 2.72 bits per heavy atom. The first kappa shape index (κ1) is 19.8. The number of nitrogens with zero attached hydrogens (tertiary/aromatic N) is 1. The number of nitrogens with two attached hydrogens (primary N) is 1. The highest BCUT2D eigenvalue weighted by atomic mass is 32.1. The van der Waals surface area contributed by atoms with Gasteiger partial charge in [-0.1, -0.05) is 0 Å². The molecule has 2 aromatic heterocycles. The lowest BCUT2D eigenvalue weighted by Crippen LogP contribution is -2.20. The molecule has 0 unspecified atom stereocenters. The zero-order valence-electron chi connectivity index (χ0n) is 16.0. The summed E-state index contributed by atoms with van der Waals surface area (Å²) in [4.78, 5) is 17.3. The van der Waals surface area contributed by atoms with Crippen LogP contribution in [0.5, 0.6) is 5.75 Å². The molecule has 6 nitrogen and oxygen atoms in total. The number of fused-ring (bicyclic) bond motifs is 1. The minimum atomic E-state index is -2.88. The van der Waals surface area contributed by atoms with Crippen LogP contribution in [0.25, 0.3) is 11.0 Å². The standard InChI is InChI=1S/C20H20F2N2O4S/c1-10-14(29-9-24-10)7-26-13-4-3-12-16(15(18(23)25)11(2)28-12)17(13)20(5-6-20)8-27-19(21)22/h3-4,9,19H,5-8H2,1-2H3,(H2,23,25). The highest BCUT2D eigenvalue weighted by molar-refractivity contribution is 7.09. The Balaban J connectivity index is 1.83. The van der Waals surface area contributed by atoms with E-state index in [9.17, 15) is 13.6 Å².